The van der Waals surface area contributed by atoms with Crippen molar-refractivity contribution in [3.63, 3.8) is 0 Å². The molecule has 0 aromatic carbocycles. The minimum absolute atomic E-state index is 0.310. The summed E-state index contributed by atoms with van der Waals surface area (Å²) >= 11 is 0. The lowest BCUT2D eigenvalue weighted by atomic mass is 9.99. The van der Waals surface area contributed by atoms with Gasteiger partial charge in [0.1, 0.15) is 0 Å². The summed E-state index contributed by atoms with van der Waals surface area (Å²) in [4.78, 5) is 4.02. The van der Waals surface area contributed by atoms with Gasteiger partial charge < -0.3 is 9.67 Å². The fourth-order valence-electron chi connectivity index (χ4n) is 2.17. The molecule has 0 radical (unpaired) electrons. The monoisotopic (exact) mass is 180 g/mol. The van der Waals surface area contributed by atoms with Crippen LogP contribution < -0.4 is 0 Å². The van der Waals surface area contributed by atoms with Crippen LogP contribution in [0.3, 0.4) is 0 Å². The van der Waals surface area contributed by atoms with E-state index in [-0.39, 0.29) is 6.10 Å². The average Bonchev–Trinajstić information content (AvgIpc) is 2.72. The van der Waals surface area contributed by atoms with Crippen LogP contribution in [0, 0.1) is 5.92 Å². The first-order valence-corrected chi connectivity index (χ1v) is 4.93. The summed E-state index contributed by atoms with van der Waals surface area (Å²) in [6.45, 7) is 0. The van der Waals surface area contributed by atoms with Gasteiger partial charge in [0.05, 0.1) is 24.3 Å². The molecular formula is C10H16N2O. The van der Waals surface area contributed by atoms with Gasteiger partial charge in [0, 0.05) is 7.05 Å². The van der Waals surface area contributed by atoms with Gasteiger partial charge >= 0.3 is 0 Å². The zero-order valence-electron chi connectivity index (χ0n) is 7.98. The van der Waals surface area contributed by atoms with E-state index in [4.69, 9.17) is 0 Å². The minimum atomic E-state index is -0.310. The van der Waals surface area contributed by atoms with Crippen molar-refractivity contribution in [1.29, 1.82) is 0 Å². The molecule has 0 bridgehead atoms. The molecule has 1 aliphatic rings. The van der Waals surface area contributed by atoms with Crippen LogP contribution in [0.1, 0.15) is 37.5 Å². The number of aliphatic hydroxyl groups is 1. The van der Waals surface area contributed by atoms with Crippen molar-refractivity contribution in [2.24, 2.45) is 13.0 Å². The minimum Gasteiger partial charge on any atom is -0.387 e. The Labute approximate surface area is 78.4 Å². The maximum atomic E-state index is 10.0. The maximum Gasteiger partial charge on any atom is 0.0983 e. The normalized spacial score (nSPS) is 20.8. The Kier molecular flexibility index (Phi) is 2.36. The highest BCUT2D eigenvalue weighted by molar-refractivity contribution is 5.04. The van der Waals surface area contributed by atoms with Crippen LogP contribution in [0.5, 0.6) is 0 Å². The smallest absolute Gasteiger partial charge is 0.0983 e. The molecule has 1 aliphatic carbocycles. The summed E-state index contributed by atoms with van der Waals surface area (Å²) in [5.74, 6) is 0.454. The van der Waals surface area contributed by atoms with Crippen LogP contribution in [0.25, 0.3) is 0 Å². The van der Waals surface area contributed by atoms with Crippen LogP contribution in [0.2, 0.25) is 0 Å². The fourth-order valence-corrected chi connectivity index (χ4v) is 2.17. The Balaban J connectivity index is 2.12. The zero-order chi connectivity index (χ0) is 9.26. The van der Waals surface area contributed by atoms with Crippen molar-refractivity contribution in [1.82, 2.24) is 9.55 Å². The number of nitrogens with zero attached hydrogens (tertiary/aromatic N) is 2. The molecule has 0 aliphatic heterocycles. The van der Waals surface area contributed by atoms with Gasteiger partial charge in [-0.15, -0.1) is 0 Å². The zero-order valence-corrected chi connectivity index (χ0v) is 7.98. The molecule has 1 aromatic heterocycles. The Hall–Kier alpha value is -0.830. The second kappa shape index (κ2) is 3.50. The second-order valence-electron chi connectivity index (χ2n) is 3.92. The summed E-state index contributed by atoms with van der Waals surface area (Å²) in [7, 11) is 1.93. The quantitative estimate of drug-likeness (QED) is 0.751. The van der Waals surface area contributed by atoms with E-state index < -0.39 is 0 Å². The first kappa shape index (κ1) is 8.75. The molecule has 1 saturated carbocycles. The maximum absolute atomic E-state index is 10.0. The van der Waals surface area contributed by atoms with E-state index >= 15 is 0 Å². The lowest BCUT2D eigenvalue weighted by Gasteiger charge is -2.17. The third-order valence-corrected chi connectivity index (χ3v) is 3.00. The van der Waals surface area contributed by atoms with Gasteiger partial charge in [-0.3, -0.25) is 0 Å². The molecule has 1 heterocycles. The summed E-state index contributed by atoms with van der Waals surface area (Å²) in [5, 5.41) is 10.0. The predicted molar refractivity (Wildman–Crippen MR) is 50.1 cm³/mol. The standard InChI is InChI=1S/C10H16N2O/c1-12-7-11-6-9(12)10(13)8-4-2-3-5-8/h6-8,10,13H,2-5H2,1H3. The fraction of sp³-hybridized carbons (Fsp3) is 0.700. The van der Waals surface area contributed by atoms with Crippen molar-refractivity contribution >= 4 is 0 Å². The van der Waals surface area contributed by atoms with Crippen molar-refractivity contribution in [3.8, 4) is 0 Å². The van der Waals surface area contributed by atoms with Gasteiger partial charge in [-0.2, -0.15) is 0 Å². The molecule has 0 spiro atoms. The summed E-state index contributed by atoms with van der Waals surface area (Å²) < 4.78 is 1.91. The summed E-state index contributed by atoms with van der Waals surface area (Å²) in [6, 6.07) is 0. The van der Waals surface area contributed by atoms with Crippen LogP contribution in [0.4, 0.5) is 0 Å². The highest BCUT2D eigenvalue weighted by atomic mass is 16.3. The van der Waals surface area contributed by atoms with Gasteiger partial charge in [0.2, 0.25) is 0 Å². The van der Waals surface area contributed by atoms with Gasteiger partial charge in [-0.25, -0.2) is 4.98 Å². The van der Waals surface area contributed by atoms with E-state index in [0.29, 0.717) is 5.92 Å². The van der Waals surface area contributed by atoms with E-state index in [2.05, 4.69) is 4.98 Å². The molecule has 1 N–H and O–H groups in total. The summed E-state index contributed by atoms with van der Waals surface area (Å²) in [5.41, 5.74) is 0.951. The van der Waals surface area contributed by atoms with Crippen molar-refractivity contribution < 1.29 is 5.11 Å². The largest absolute Gasteiger partial charge is 0.387 e. The topological polar surface area (TPSA) is 38.0 Å². The molecule has 72 valence electrons. The molecule has 3 nitrogen and oxygen atoms in total. The van der Waals surface area contributed by atoms with Crippen molar-refractivity contribution in [2.45, 2.75) is 31.8 Å². The number of hydrogen-bond acceptors (Lipinski definition) is 2. The van der Waals surface area contributed by atoms with Gasteiger partial charge in [0.15, 0.2) is 0 Å². The van der Waals surface area contributed by atoms with Crippen LogP contribution in [-0.4, -0.2) is 14.7 Å². The lowest BCUT2D eigenvalue weighted by Crippen LogP contribution is -2.12. The van der Waals surface area contributed by atoms with E-state index in [1.54, 1.807) is 12.5 Å². The SMILES string of the molecule is Cn1cncc1C(O)C1CCCC1. The molecule has 1 aromatic rings. The first-order chi connectivity index (χ1) is 6.29. The predicted octanol–water partition coefficient (Wildman–Crippen LogP) is 1.64. The highest BCUT2D eigenvalue weighted by Gasteiger charge is 2.25. The third-order valence-electron chi connectivity index (χ3n) is 3.00. The van der Waals surface area contributed by atoms with Gasteiger partial charge in [-0.05, 0) is 18.8 Å². The van der Waals surface area contributed by atoms with Crippen molar-refractivity contribution in [2.75, 3.05) is 0 Å². The second-order valence-corrected chi connectivity index (χ2v) is 3.92. The van der Waals surface area contributed by atoms with Gasteiger partial charge in [0.25, 0.3) is 0 Å². The Morgan fingerprint density at radius 2 is 2.23 bits per heavy atom. The van der Waals surface area contributed by atoms with Gasteiger partial charge in [-0.1, -0.05) is 12.8 Å². The Morgan fingerprint density at radius 1 is 1.54 bits per heavy atom. The average molecular weight is 180 g/mol. The molecule has 13 heavy (non-hydrogen) atoms. The molecule has 2 rings (SSSR count). The molecule has 1 atom stereocenters. The molecular weight excluding hydrogens is 164 g/mol. The van der Waals surface area contributed by atoms with E-state index in [1.165, 1.54) is 12.8 Å². The molecule has 1 fully saturated rings. The first-order valence-electron chi connectivity index (χ1n) is 4.93. The lowest BCUT2D eigenvalue weighted by molar-refractivity contribution is 0.104. The number of aromatic nitrogens is 2. The summed E-state index contributed by atoms with van der Waals surface area (Å²) in [6.07, 6.45) is 8.05. The van der Waals surface area contributed by atoms with E-state index in [9.17, 15) is 5.11 Å². The molecule has 1 unspecified atom stereocenters. The van der Waals surface area contributed by atoms with Crippen LogP contribution >= 0.6 is 0 Å². The van der Waals surface area contributed by atoms with E-state index in [0.717, 1.165) is 18.5 Å². The third kappa shape index (κ3) is 1.61. The number of rotatable bonds is 2. The van der Waals surface area contributed by atoms with E-state index in [1.807, 2.05) is 11.6 Å². The molecule has 0 amide bonds. The Bertz CT molecular complexity index is 276. The number of hydrogen-bond donors (Lipinski definition) is 1. The molecule has 0 saturated heterocycles. The number of imidazole rings is 1. The highest BCUT2D eigenvalue weighted by Crippen LogP contribution is 2.35. The van der Waals surface area contributed by atoms with Crippen LogP contribution in [0.15, 0.2) is 12.5 Å². The Morgan fingerprint density at radius 3 is 2.77 bits per heavy atom. The number of aryl methyl sites for hydroxylation is 1. The number of aliphatic hydroxyl groups excluding tert-OH is 1. The molecule has 3 heteroatoms. The van der Waals surface area contributed by atoms with Crippen molar-refractivity contribution in [3.05, 3.63) is 18.2 Å². The van der Waals surface area contributed by atoms with Crippen LogP contribution in [-0.2, 0) is 7.05 Å².